The molecule has 0 radical (unpaired) electrons. The average molecular weight is 311 g/mol. The van der Waals surface area contributed by atoms with Crippen molar-refractivity contribution in [1.82, 2.24) is 10.6 Å². The van der Waals surface area contributed by atoms with Gasteiger partial charge in [-0.05, 0) is 18.6 Å². The number of hydrogen-bond acceptors (Lipinski definition) is 3. The first-order valence-corrected chi connectivity index (χ1v) is 7.17. The first-order valence-electron chi connectivity index (χ1n) is 6.79. The molecule has 1 rings (SSSR count). The standard InChI is InChI=1S/C15H19ClN2O3/c1-11(19)17-9-4-10-18-15(21)8-7-14(20)12-5-2-3-6-13(12)16/h2-3,5-6H,4,7-10H2,1H3,(H,17,19)(H,18,21). The molecule has 0 atom stereocenters. The second-order valence-corrected chi connectivity index (χ2v) is 5.00. The Bertz CT molecular complexity index is 517. The van der Waals surface area contributed by atoms with E-state index in [1.54, 1.807) is 24.3 Å². The van der Waals surface area contributed by atoms with E-state index in [1.807, 2.05) is 0 Å². The predicted molar refractivity (Wildman–Crippen MR) is 81.3 cm³/mol. The van der Waals surface area contributed by atoms with E-state index in [1.165, 1.54) is 6.92 Å². The van der Waals surface area contributed by atoms with Crippen LogP contribution in [0.2, 0.25) is 5.02 Å². The highest BCUT2D eigenvalue weighted by Gasteiger charge is 2.11. The van der Waals surface area contributed by atoms with Gasteiger partial charge in [-0.2, -0.15) is 0 Å². The molecule has 0 aliphatic rings. The molecular formula is C15H19ClN2O3. The number of carbonyl (C=O) groups excluding carboxylic acids is 3. The maximum absolute atomic E-state index is 11.9. The molecule has 0 aliphatic heterocycles. The van der Waals surface area contributed by atoms with Gasteiger partial charge < -0.3 is 10.6 Å². The van der Waals surface area contributed by atoms with E-state index < -0.39 is 0 Å². The summed E-state index contributed by atoms with van der Waals surface area (Å²) in [6.07, 6.45) is 0.912. The molecule has 0 aromatic heterocycles. The summed E-state index contributed by atoms with van der Waals surface area (Å²) in [5.41, 5.74) is 0.442. The van der Waals surface area contributed by atoms with E-state index in [9.17, 15) is 14.4 Å². The Morgan fingerprint density at radius 3 is 2.38 bits per heavy atom. The molecule has 2 N–H and O–H groups in total. The lowest BCUT2D eigenvalue weighted by molar-refractivity contribution is -0.121. The minimum atomic E-state index is -0.182. The highest BCUT2D eigenvalue weighted by Crippen LogP contribution is 2.17. The van der Waals surface area contributed by atoms with Gasteiger partial charge in [0, 0.05) is 38.4 Å². The normalized spacial score (nSPS) is 10.0. The summed E-state index contributed by atoms with van der Waals surface area (Å²) in [6.45, 7) is 2.44. The fraction of sp³-hybridized carbons (Fsp3) is 0.400. The van der Waals surface area contributed by atoms with E-state index in [4.69, 9.17) is 11.6 Å². The van der Waals surface area contributed by atoms with Crippen molar-refractivity contribution in [3.8, 4) is 0 Å². The van der Waals surface area contributed by atoms with Gasteiger partial charge in [-0.1, -0.05) is 23.7 Å². The maximum atomic E-state index is 11.9. The Morgan fingerprint density at radius 1 is 1.05 bits per heavy atom. The van der Waals surface area contributed by atoms with Crippen LogP contribution in [0.5, 0.6) is 0 Å². The van der Waals surface area contributed by atoms with Crippen LogP contribution in [0.15, 0.2) is 24.3 Å². The number of amides is 2. The number of rotatable bonds is 8. The van der Waals surface area contributed by atoms with Crippen LogP contribution < -0.4 is 10.6 Å². The van der Waals surface area contributed by atoms with E-state index in [0.717, 1.165) is 0 Å². The first-order chi connectivity index (χ1) is 10.0. The minimum Gasteiger partial charge on any atom is -0.356 e. The fourth-order valence-electron chi connectivity index (χ4n) is 1.72. The summed E-state index contributed by atoms with van der Waals surface area (Å²) in [6, 6.07) is 6.79. The summed E-state index contributed by atoms with van der Waals surface area (Å²) in [5.74, 6) is -0.418. The molecule has 1 aromatic carbocycles. The molecule has 0 bridgehead atoms. The zero-order chi connectivity index (χ0) is 15.7. The van der Waals surface area contributed by atoms with Gasteiger partial charge in [-0.15, -0.1) is 0 Å². The van der Waals surface area contributed by atoms with Crippen LogP contribution in [-0.2, 0) is 9.59 Å². The van der Waals surface area contributed by atoms with Gasteiger partial charge >= 0.3 is 0 Å². The predicted octanol–water partition coefficient (Wildman–Crippen LogP) is 1.95. The van der Waals surface area contributed by atoms with Gasteiger partial charge in [-0.3, -0.25) is 14.4 Å². The van der Waals surface area contributed by atoms with Gasteiger partial charge in [0.25, 0.3) is 0 Å². The molecule has 6 heteroatoms. The molecule has 5 nitrogen and oxygen atoms in total. The van der Waals surface area contributed by atoms with Crippen LogP contribution in [0.25, 0.3) is 0 Å². The number of Topliss-reactive ketones (excluding diaryl/α,β-unsaturated/α-hetero) is 1. The van der Waals surface area contributed by atoms with E-state index in [-0.39, 0.29) is 30.4 Å². The van der Waals surface area contributed by atoms with Crippen molar-refractivity contribution in [2.45, 2.75) is 26.2 Å². The lowest BCUT2D eigenvalue weighted by Gasteiger charge is -2.06. The van der Waals surface area contributed by atoms with Crippen LogP contribution in [0.4, 0.5) is 0 Å². The molecule has 0 spiro atoms. The van der Waals surface area contributed by atoms with Gasteiger partial charge in [0.2, 0.25) is 11.8 Å². The topological polar surface area (TPSA) is 75.3 Å². The molecule has 0 saturated carbocycles. The molecule has 0 unspecified atom stereocenters. The molecule has 0 saturated heterocycles. The number of ketones is 1. The zero-order valence-electron chi connectivity index (χ0n) is 11.9. The molecule has 21 heavy (non-hydrogen) atoms. The summed E-state index contributed by atoms with van der Waals surface area (Å²) in [5, 5.41) is 5.74. The largest absolute Gasteiger partial charge is 0.356 e. The van der Waals surface area contributed by atoms with Crippen LogP contribution in [0.1, 0.15) is 36.5 Å². The Hall–Kier alpha value is -1.88. The molecule has 1 aromatic rings. The Kier molecular flexibility index (Phi) is 7.46. The summed E-state index contributed by atoms with van der Waals surface area (Å²) in [4.78, 5) is 34.1. The van der Waals surface area contributed by atoms with Gasteiger partial charge in [-0.25, -0.2) is 0 Å². The van der Waals surface area contributed by atoms with Crippen molar-refractivity contribution in [3.05, 3.63) is 34.9 Å². The van der Waals surface area contributed by atoms with Gasteiger partial charge in [0.05, 0.1) is 5.02 Å². The van der Waals surface area contributed by atoms with Gasteiger partial charge in [0.15, 0.2) is 5.78 Å². The van der Waals surface area contributed by atoms with Crippen LogP contribution in [0.3, 0.4) is 0 Å². The third-order valence-corrected chi connectivity index (χ3v) is 3.13. The van der Waals surface area contributed by atoms with Crippen molar-refractivity contribution in [1.29, 1.82) is 0 Å². The summed E-state index contributed by atoms with van der Waals surface area (Å²) in [7, 11) is 0. The zero-order valence-corrected chi connectivity index (χ0v) is 12.7. The maximum Gasteiger partial charge on any atom is 0.220 e. The fourth-order valence-corrected chi connectivity index (χ4v) is 1.96. The molecule has 2 amide bonds. The third-order valence-electron chi connectivity index (χ3n) is 2.80. The molecule has 0 aliphatic carbocycles. The third kappa shape index (κ3) is 6.90. The molecule has 0 fully saturated rings. The lowest BCUT2D eigenvalue weighted by atomic mass is 10.1. The van der Waals surface area contributed by atoms with Gasteiger partial charge in [0.1, 0.15) is 0 Å². The molecule has 0 heterocycles. The van der Waals surface area contributed by atoms with E-state index >= 15 is 0 Å². The second kappa shape index (κ2) is 9.13. The van der Waals surface area contributed by atoms with Crippen molar-refractivity contribution in [2.75, 3.05) is 13.1 Å². The number of nitrogens with one attached hydrogen (secondary N) is 2. The highest BCUT2D eigenvalue weighted by molar-refractivity contribution is 6.34. The monoisotopic (exact) mass is 310 g/mol. The quantitative estimate of drug-likeness (QED) is 0.569. The van der Waals surface area contributed by atoms with Crippen LogP contribution >= 0.6 is 11.6 Å². The molecular weight excluding hydrogens is 292 g/mol. The Labute approximate surface area is 129 Å². The van der Waals surface area contributed by atoms with Crippen molar-refractivity contribution >= 4 is 29.2 Å². The minimum absolute atomic E-state index is 0.0911. The number of benzene rings is 1. The van der Waals surface area contributed by atoms with Crippen LogP contribution in [0, 0.1) is 0 Å². The highest BCUT2D eigenvalue weighted by atomic mass is 35.5. The van der Waals surface area contributed by atoms with Crippen LogP contribution in [-0.4, -0.2) is 30.7 Å². The number of hydrogen-bond donors (Lipinski definition) is 2. The van der Waals surface area contributed by atoms with E-state index in [0.29, 0.717) is 30.1 Å². The summed E-state index contributed by atoms with van der Waals surface area (Å²) >= 11 is 5.92. The van der Waals surface area contributed by atoms with E-state index in [2.05, 4.69) is 10.6 Å². The second-order valence-electron chi connectivity index (χ2n) is 4.59. The van der Waals surface area contributed by atoms with Crippen molar-refractivity contribution in [2.24, 2.45) is 0 Å². The smallest absolute Gasteiger partial charge is 0.220 e. The number of carbonyl (C=O) groups is 3. The lowest BCUT2D eigenvalue weighted by Crippen LogP contribution is -2.28. The van der Waals surface area contributed by atoms with Crippen molar-refractivity contribution < 1.29 is 14.4 Å². The van der Waals surface area contributed by atoms with Crippen molar-refractivity contribution in [3.63, 3.8) is 0 Å². The molecule has 114 valence electrons. The Balaban J connectivity index is 2.22. The number of halogens is 1. The summed E-state index contributed by atoms with van der Waals surface area (Å²) < 4.78 is 0. The first kappa shape index (κ1) is 17.2. The Morgan fingerprint density at radius 2 is 1.71 bits per heavy atom. The average Bonchev–Trinajstić information content (AvgIpc) is 2.44. The SMILES string of the molecule is CC(=O)NCCCNC(=O)CCC(=O)c1ccccc1Cl.